The predicted octanol–water partition coefficient (Wildman–Crippen LogP) is 2.42. The van der Waals surface area contributed by atoms with E-state index in [1.165, 1.54) is 0 Å². The number of hydrazine groups is 1. The van der Waals surface area contributed by atoms with Crippen LogP contribution in [0.25, 0.3) is 0 Å². The zero-order valence-corrected chi connectivity index (χ0v) is 11.1. The van der Waals surface area contributed by atoms with Crippen molar-refractivity contribution in [2.45, 2.75) is 46.3 Å². The quantitative estimate of drug-likeness (QED) is 0.589. The SMILES string of the molecule is CCC(C)C(NN)c1cncc(OC(C)C)c1. The Balaban J connectivity index is 2.88. The second-order valence-electron chi connectivity index (χ2n) is 4.65. The third kappa shape index (κ3) is 3.98. The van der Waals surface area contributed by atoms with Gasteiger partial charge in [-0.15, -0.1) is 0 Å². The maximum atomic E-state index is 5.63. The Kier molecular flexibility index (Phi) is 5.38. The molecule has 0 saturated heterocycles. The van der Waals surface area contributed by atoms with Crippen LogP contribution in [-0.4, -0.2) is 11.1 Å². The molecule has 2 unspecified atom stereocenters. The molecule has 0 aliphatic heterocycles. The molecule has 1 heterocycles. The van der Waals surface area contributed by atoms with Crippen LogP contribution in [0.3, 0.4) is 0 Å². The lowest BCUT2D eigenvalue weighted by molar-refractivity contribution is 0.240. The average molecular weight is 237 g/mol. The Bertz CT molecular complexity index is 341. The van der Waals surface area contributed by atoms with Crippen molar-refractivity contribution in [3.63, 3.8) is 0 Å². The molecule has 0 aromatic carbocycles. The average Bonchev–Trinajstić information content (AvgIpc) is 2.29. The van der Waals surface area contributed by atoms with Gasteiger partial charge in [0.2, 0.25) is 0 Å². The number of rotatable bonds is 6. The van der Waals surface area contributed by atoms with Gasteiger partial charge in [-0.05, 0) is 31.4 Å². The summed E-state index contributed by atoms with van der Waals surface area (Å²) in [6.45, 7) is 8.32. The normalized spacial score (nSPS) is 14.7. The van der Waals surface area contributed by atoms with Crippen LogP contribution in [0.15, 0.2) is 18.5 Å². The van der Waals surface area contributed by atoms with Crippen molar-refractivity contribution < 1.29 is 4.74 Å². The van der Waals surface area contributed by atoms with Crippen LogP contribution in [0.4, 0.5) is 0 Å². The first kappa shape index (κ1) is 13.9. The van der Waals surface area contributed by atoms with Gasteiger partial charge < -0.3 is 4.74 Å². The topological polar surface area (TPSA) is 60.2 Å². The molecular formula is C13H23N3O. The predicted molar refractivity (Wildman–Crippen MR) is 69.5 cm³/mol. The van der Waals surface area contributed by atoms with E-state index >= 15 is 0 Å². The number of nitrogens with two attached hydrogens (primary N) is 1. The number of pyridine rings is 1. The number of nitrogens with zero attached hydrogens (tertiary/aromatic N) is 1. The zero-order valence-electron chi connectivity index (χ0n) is 11.1. The molecular weight excluding hydrogens is 214 g/mol. The fourth-order valence-corrected chi connectivity index (χ4v) is 1.77. The van der Waals surface area contributed by atoms with E-state index in [2.05, 4.69) is 24.3 Å². The molecule has 4 nitrogen and oxygen atoms in total. The molecule has 3 N–H and O–H groups in total. The highest BCUT2D eigenvalue weighted by molar-refractivity contribution is 5.26. The van der Waals surface area contributed by atoms with Gasteiger partial charge in [0.15, 0.2) is 0 Å². The number of hydrogen-bond donors (Lipinski definition) is 2. The summed E-state index contributed by atoms with van der Waals surface area (Å²) in [5.41, 5.74) is 3.92. The van der Waals surface area contributed by atoms with E-state index in [1.54, 1.807) is 6.20 Å². The monoisotopic (exact) mass is 237 g/mol. The first-order chi connectivity index (χ1) is 8.08. The molecule has 0 saturated carbocycles. The van der Waals surface area contributed by atoms with E-state index in [4.69, 9.17) is 10.6 Å². The van der Waals surface area contributed by atoms with Crippen LogP contribution >= 0.6 is 0 Å². The maximum absolute atomic E-state index is 5.63. The van der Waals surface area contributed by atoms with E-state index in [1.807, 2.05) is 26.1 Å². The summed E-state index contributed by atoms with van der Waals surface area (Å²) in [6.07, 6.45) is 4.78. The Labute approximate surface area is 104 Å². The lowest BCUT2D eigenvalue weighted by Gasteiger charge is -2.22. The van der Waals surface area contributed by atoms with E-state index < -0.39 is 0 Å². The van der Waals surface area contributed by atoms with Crippen molar-refractivity contribution in [3.05, 3.63) is 24.0 Å². The minimum atomic E-state index is 0.114. The molecule has 0 aliphatic rings. The second kappa shape index (κ2) is 6.57. The third-order valence-corrected chi connectivity index (χ3v) is 2.86. The van der Waals surface area contributed by atoms with Crippen molar-refractivity contribution in [1.29, 1.82) is 0 Å². The second-order valence-corrected chi connectivity index (χ2v) is 4.65. The molecule has 0 spiro atoms. The number of aromatic nitrogens is 1. The standard InChI is InChI=1S/C13H23N3O/c1-5-10(4)13(16-14)11-6-12(8-15-7-11)17-9(2)3/h6-10,13,16H,5,14H2,1-4H3. The van der Waals surface area contributed by atoms with Crippen LogP contribution in [0.5, 0.6) is 5.75 Å². The van der Waals surface area contributed by atoms with Crippen molar-refractivity contribution in [1.82, 2.24) is 10.4 Å². The van der Waals surface area contributed by atoms with Gasteiger partial charge in [0.25, 0.3) is 0 Å². The fraction of sp³-hybridized carbons (Fsp3) is 0.615. The molecule has 4 heteroatoms. The fourth-order valence-electron chi connectivity index (χ4n) is 1.77. The Morgan fingerprint density at radius 2 is 2.06 bits per heavy atom. The smallest absolute Gasteiger partial charge is 0.138 e. The van der Waals surface area contributed by atoms with Gasteiger partial charge in [0.05, 0.1) is 18.3 Å². The van der Waals surface area contributed by atoms with Crippen LogP contribution in [-0.2, 0) is 0 Å². The molecule has 0 aliphatic carbocycles. The highest BCUT2D eigenvalue weighted by Crippen LogP contribution is 2.25. The third-order valence-electron chi connectivity index (χ3n) is 2.86. The van der Waals surface area contributed by atoms with Crippen LogP contribution in [0.1, 0.15) is 45.7 Å². The van der Waals surface area contributed by atoms with Crippen molar-refractivity contribution in [2.24, 2.45) is 11.8 Å². The van der Waals surface area contributed by atoms with E-state index in [9.17, 15) is 0 Å². The van der Waals surface area contributed by atoms with Crippen molar-refractivity contribution in [3.8, 4) is 5.75 Å². The Hall–Kier alpha value is -1.13. The Morgan fingerprint density at radius 1 is 1.35 bits per heavy atom. The summed E-state index contributed by atoms with van der Waals surface area (Å²) in [5, 5.41) is 0. The summed E-state index contributed by atoms with van der Waals surface area (Å²) in [6, 6.07) is 2.12. The van der Waals surface area contributed by atoms with Gasteiger partial charge in [-0.2, -0.15) is 0 Å². The van der Waals surface area contributed by atoms with Gasteiger partial charge in [-0.1, -0.05) is 20.3 Å². The summed E-state index contributed by atoms with van der Waals surface area (Å²) >= 11 is 0. The van der Waals surface area contributed by atoms with Gasteiger partial charge in [-0.25, -0.2) is 0 Å². The number of hydrogen-bond acceptors (Lipinski definition) is 4. The van der Waals surface area contributed by atoms with Gasteiger partial charge in [0, 0.05) is 6.20 Å². The van der Waals surface area contributed by atoms with E-state index in [0.717, 1.165) is 17.7 Å². The van der Waals surface area contributed by atoms with Gasteiger partial charge >= 0.3 is 0 Å². The molecule has 0 amide bonds. The van der Waals surface area contributed by atoms with Crippen molar-refractivity contribution in [2.75, 3.05) is 0 Å². The molecule has 1 rings (SSSR count). The largest absolute Gasteiger partial charge is 0.489 e. The molecule has 2 atom stereocenters. The summed E-state index contributed by atoms with van der Waals surface area (Å²) in [4.78, 5) is 4.20. The van der Waals surface area contributed by atoms with Crippen LogP contribution < -0.4 is 16.0 Å². The number of nitrogens with one attached hydrogen (secondary N) is 1. The van der Waals surface area contributed by atoms with Crippen LogP contribution in [0.2, 0.25) is 0 Å². The van der Waals surface area contributed by atoms with Crippen molar-refractivity contribution >= 4 is 0 Å². The van der Waals surface area contributed by atoms with Crippen LogP contribution in [0, 0.1) is 5.92 Å². The lowest BCUT2D eigenvalue weighted by Crippen LogP contribution is -2.32. The first-order valence-electron chi connectivity index (χ1n) is 6.16. The zero-order chi connectivity index (χ0) is 12.8. The highest BCUT2D eigenvalue weighted by Gasteiger charge is 2.17. The molecule has 17 heavy (non-hydrogen) atoms. The minimum absolute atomic E-state index is 0.114. The summed E-state index contributed by atoms with van der Waals surface area (Å²) in [7, 11) is 0. The molecule has 1 aromatic rings. The molecule has 1 aromatic heterocycles. The van der Waals surface area contributed by atoms with Gasteiger partial charge in [0.1, 0.15) is 5.75 Å². The molecule has 0 bridgehead atoms. The lowest BCUT2D eigenvalue weighted by atomic mass is 9.94. The molecule has 0 radical (unpaired) electrons. The highest BCUT2D eigenvalue weighted by atomic mass is 16.5. The van der Waals surface area contributed by atoms with Gasteiger partial charge in [-0.3, -0.25) is 16.3 Å². The van der Waals surface area contributed by atoms with E-state index in [0.29, 0.717) is 5.92 Å². The van der Waals surface area contributed by atoms with E-state index in [-0.39, 0.29) is 12.1 Å². The Morgan fingerprint density at radius 3 is 2.59 bits per heavy atom. The molecule has 96 valence electrons. The summed E-state index contributed by atoms with van der Waals surface area (Å²) in [5.74, 6) is 6.86. The first-order valence-corrected chi connectivity index (χ1v) is 6.16. The number of ether oxygens (including phenoxy) is 1. The minimum Gasteiger partial charge on any atom is -0.489 e. The summed E-state index contributed by atoms with van der Waals surface area (Å²) < 4.78 is 5.63. The maximum Gasteiger partial charge on any atom is 0.138 e. The molecule has 0 fully saturated rings.